The second kappa shape index (κ2) is 3.74. The largest absolute Gasteiger partial charge is 0.257 e. The van der Waals surface area contributed by atoms with Crippen LogP contribution in [-0.2, 0) is 0 Å². The normalized spacial score (nSPS) is 11.6. The Kier molecular flexibility index (Phi) is 2.16. The number of thiophene rings is 1. The molecule has 0 aliphatic heterocycles. The van der Waals surface area contributed by atoms with Gasteiger partial charge in [0.15, 0.2) is 0 Å². The SMILES string of the molecule is Cc1ccc2[s+]c3c(cc2c1)sc1ccccc13. The van der Waals surface area contributed by atoms with Crippen LogP contribution in [0.25, 0.3) is 29.6 Å². The zero-order chi connectivity index (χ0) is 12.1. The molecule has 0 saturated carbocycles. The Morgan fingerprint density at radius 3 is 2.78 bits per heavy atom. The summed E-state index contributed by atoms with van der Waals surface area (Å²) in [4.78, 5) is 0. The Morgan fingerprint density at radius 2 is 1.83 bits per heavy atom. The van der Waals surface area contributed by atoms with Crippen molar-refractivity contribution in [3.63, 3.8) is 0 Å². The molecule has 0 amide bonds. The van der Waals surface area contributed by atoms with E-state index in [2.05, 4.69) is 55.5 Å². The van der Waals surface area contributed by atoms with Crippen LogP contribution in [0.5, 0.6) is 0 Å². The molecule has 0 atom stereocenters. The molecule has 86 valence electrons. The zero-order valence-electron chi connectivity index (χ0n) is 9.94. The van der Waals surface area contributed by atoms with Gasteiger partial charge in [-0.15, -0.1) is 11.3 Å². The molecule has 0 bridgehead atoms. The second-order valence-corrected chi connectivity index (χ2v) is 6.72. The summed E-state index contributed by atoms with van der Waals surface area (Å²) in [5, 5.41) is 2.75. The minimum absolute atomic E-state index is 1.33. The van der Waals surface area contributed by atoms with E-state index in [1.54, 1.807) is 0 Å². The quantitative estimate of drug-likeness (QED) is 0.350. The molecule has 18 heavy (non-hydrogen) atoms. The van der Waals surface area contributed by atoms with E-state index >= 15 is 0 Å². The lowest BCUT2D eigenvalue weighted by molar-refractivity contribution is 1.51. The second-order valence-electron chi connectivity index (χ2n) is 4.58. The molecule has 0 saturated heterocycles. The first kappa shape index (κ1) is 10.4. The first-order valence-electron chi connectivity index (χ1n) is 5.96. The van der Waals surface area contributed by atoms with Crippen LogP contribution in [-0.4, -0.2) is 0 Å². The topological polar surface area (TPSA) is 0 Å². The van der Waals surface area contributed by atoms with Crippen molar-refractivity contribution in [1.29, 1.82) is 0 Å². The van der Waals surface area contributed by atoms with Crippen LogP contribution in [0.4, 0.5) is 0 Å². The number of hydrogen-bond acceptors (Lipinski definition) is 1. The van der Waals surface area contributed by atoms with E-state index in [4.69, 9.17) is 0 Å². The van der Waals surface area contributed by atoms with Gasteiger partial charge in [-0.3, -0.25) is 0 Å². The highest BCUT2D eigenvalue weighted by molar-refractivity contribution is 7.34. The Balaban J connectivity index is 2.23. The molecule has 2 aromatic carbocycles. The van der Waals surface area contributed by atoms with Gasteiger partial charge in [0, 0.05) is 16.2 Å². The molecule has 0 spiro atoms. The van der Waals surface area contributed by atoms with Crippen molar-refractivity contribution in [2.45, 2.75) is 6.92 Å². The van der Waals surface area contributed by atoms with Crippen LogP contribution in [0.3, 0.4) is 0 Å². The summed E-state index contributed by atoms with van der Waals surface area (Å²) in [6.45, 7) is 2.15. The third-order valence-corrected chi connectivity index (χ3v) is 5.72. The first-order valence-corrected chi connectivity index (χ1v) is 7.59. The standard InChI is InChI=1S/C16H11S2/c1-10-6-7-13-11(8-10)9-15-16(18-13)12-4-2-3-5-14(12)17-15/h2-9H,1H3/q+1. The third-order valence-electron chi connectivity index (χ3n) is 3.24. The average Bonchev–Trinajstić information content (AvgIpc) is 2.73. The number of fused-ring (bicyclic) bond motifs is 4. The van der Waals surface area contributed by atoms with Gasteiger partial charge >= 0.3 is 0 Å². The predicted molar refractivity (Wildman–Crippen MR) is 83.9 cm³/mol. The first-order chi connectivity index (χ1) is 8.81. The molecule has 4 rings (SSSR count). The molecule has 0 aliphatic rings. The van der Waals surface area contributed by atoms with Gasteiger partial charge in [-0.2, -0.15) is 0 Å². The summed E-state index contributed by atoms with van der Waals surface area (Å²) >= 11 is 3.80. The van der Waals surface area contributed by atoms with Gasteiger partial charge in [0.05, 0.1) is 10.1 Å². The van der Waals surface area contributed by atoms with Crippen LogP contribution in [0, 0.1) is 6.92 Å². The van der Waals surface area contributed by atoms with Crippen molar-refractivity contribution in [1.82, 2.24) is 0 Å². The Morgan fingerprint density at radius 1 is 0.944 bits per heavy atom. The summed E-state index contributed by atoms with van der Waals surface area (Å²) < 4.78 is 5.58. The van der Waals surface area contributed by atoms with Crippen molar-refractivity contribution < 1.29 is 0 Å². The van der Waals surface area contributed by atoms with Gasteiger partial charge < -0.3 is 0 Å². The van der Waals surface area contributed by atoms with Gasteiger partial charge in [-0.25, -0.2) is 0 Å². The fraction of sp³-hybridized carbons (Fsp3) is 0.0625. The molecule has 2 heterocycles. The molecule has 2 aromatic heterocycles. The van der Waals surface area contributed by atoms with E-state index in [0.717, 1.165) is 0 Å². The molecule has 0 radical (unpaired) electrons. The Labute approximate surface area is 113 Å². The highest BCUT2D eigenvalue weighted by atomic mass is 32.1. The number of benzene rings is 2. The minimum Gasteiger partial charge on any atom is -0.130 e. The summed E-state index contributed by atoms with van der Waals surface area (Å²) in [5.41, 5.74) is 1.33. The van der Waals surface area contributed by atoms with Crippen LogP contribution in [0.15, 0.2) is 48.5 Å². The highest BCUT2D eigenvalue weighted by Crippen LogP contribution is 2.39. The van der Waals surface area contributed by atoms with E-state index in [1.165, 1.54) is 35.1 Å². The molecular formula is C16H11S2+. The van der Waals surface area contributed by atoms with Gasteiger partial charge in [-0.1, -0.05) is 23.8 Å². The smallest absolute Gasteiger partial charge is 0.130 e. The average molecular weight is 267 g/mol. The van der Waals surface area contributed by atoms with Crippen LogP contribution in [0.1, 0.15) is 5.56 Å². The predicted octanol–water partition coefficient (Wildman–Crippen LogP) is 5.86. The van der Waals surface area contributed by atoms with Gasteiger partial charge in [0.25, 0.3) is 4.70 Å². The van der Waals surface area contributed by atoms with E-state index in [9.17, 15) is 0 Å². The zero-order valence-corrected chi connectivity index (χ0v) is 11.6. The van der Waals surface area contributed by atoms with Crippen molar-refractivity contribution in [3.8, 4) is 0 Å². The van der Waals surface area contributed by atoms with E-state index in [-0.39, 0.29) is 0 Å². The minimum atomic E-state index is 1.33. The molecule has 0 N–H and O–H groups in total. The third kappa shape index (κ3) is 1.46. The van der Waals surface area contributed by atoms with Crippen molar-refractivity contribution in [2.75, 3.05) is 0 Å². The summed E-state index contributed by atoms with van der Waals surface area (Å²) in [6, 6.07) is 17.7. The lowest BCUT2D eigenvalue weighted by Crippen LogP contribution is -1.72. The number of hydrogen-bond donors (Lipinski definition) is 0. The molecule has 2 heteroatoms. The molecular weight excluding hydrogens is 256 g/mol. The van der Waals surface area contributed by atoms with Crippen molar-refractivity contribution >= 4 is 52.2 Å². The van der Waals surface area contributed by atoms with Gasteiger partial charge in [-0.05, 0) is 31.2 Å². The van der Waals surface area contributed by atoms with Gasteiger partial charge in [0.1, 0.15) is 0 Å². The maximum atomic E-state index is 2.33. The number of aryl methyl sites for hydroxylation is 1. The van der Waals surface area contributed by atoms with Gasteiger partial charge in [0.2, 0.25) is 16.0 Å². The summed E-state index contributed by atoms with van der Waals surface area (Å²) in [6.07, 6.45) is 0. The summed E-state index contributed by atoms with van der Waals surface area (Å²) in [7, 11) is 0. The molecule has 0 unspecified atom stereocenters. The van der Waals surface area contributed by atoms with Crippen molar-refractivity contribution in [3.05, 3.63) is 54.1 Å². The van der Waals surface area contributed by atoms with Crippen LogP contribution in [0.2, 0.25) is 0 Å². The lowest BCUT2D eigenvalue weighted by Gasteiger charge is -1.91. The Hall–Kier alpha value is -1.51. The maximum absolute atomic E-state index is 2.33. The molecule has 0 aliphatic carbocycles. The van der Waals surface area contributed by atoms with Crippen molar-refractivity contribution in [2.24, 2.45) is 0 Å². The molecule has 4 aromatic rings. The van der Waals surface area contributed by atoms with E-state index < -0.39 is 0 Å². The van der Waals surface area contributed by atoms with E-state index in [0.29, 0.717) is 0 Å². The summed E-state index contributed by atoms with van der Waals surface area (Å²) in [5.74, 6) is 0. The Bertz CT molecular complexity index is 887. The molecule has 0 fully saturated rings. The maximum Gasteiger partial charge on any atom is 0.257 e. The van der Waals surface area contributed by atoms with E-state index in [1.807, 2.05) is 22.7 Å². The monoisotopic (exact) mass is 267 g/mol. The highest BCUT2D eigenvalue weighted by Gasteiger charge is 2.16. The fourth-order valence-corrected chi connectivity index (χ4v) is 4.77. The number of rotatable bonds is 0. The lowest BCUT2D eigenvalue weighted by atomic mass is 10.2. The fourth-order valence-electron chi connectivity index (χ4n) is 2.37. The van der Waals surface area contributed by atoms with Crippen LogP contribution >= 0.6 is 22.7 Å². The van der Waals surface area contributed by atoms with Crippen LogP contribution < -0.4 is 0 Å². The molecule has 0 nitrogen and oxygen atoms in total.